The fourth-order valence-electron chi connectivity index (χ4n) is 3.36. The average Bonchev–Trinajstić information content (AvgIpc) is 2.75. The summed E-state index contributed by atoms with van der Waals surface area (Å²) in [6.07, 6.45) is 0.215. The van der Waals surface area contributed by atoms with Gasteiger partial charge in [0, 0.05) is 43.5 Å². The van der Waals surface area contributed by atoms with E-state index in [2.05, 4.69) is 10.6 Å². The summed E-state index contributed by atoms with van der Waals surface area (Å²) in [5.41, 5.74) is 1.90. The van der Waals surface area contributed by atoms with Gasteiger partial charge >= 0.3 is 6.03 Å². The number of urea groups is 1. The summed E-state index contributed by atoms with van der Waals surface area (Å²) in [5.74, 6) is -0.469. The number of piperazine rings is 1. The Morgan fingerprint density at radius 2 is 1.48 bits per heavy atom. The molecule has 0 radical (unpaired) electrons. The van der Waals surface area contributed by atoms with Crippen molar-refractivity contribution in [2.75, 3.05) is 31.5 Å². The number of halogens is 1. The molecule has 0 spiro atoms. The van der Waals surface area contributed by atoms with Crippen molar-refractivity contribution in [2.24, 2.45) is 0 Å². The molecular formula is C23H27FN4O3. The van der Waals surface area contributed by atoms with Gasteiger partial charge in [0.15, 0.2) is 0 Å². The molecule has 8 heteroatoms. The maximum absolute atomic E-state index is 13.0. The normalized spacial score (nSPS) is 13.8. The van der Waals surface area contributed by atoms with Gasteiger partial charge in [0.05, 0.1) is 6.42 Å². The number of amides is 4. The molecule has 1 aliphatic heterocycles. The van der Waals surface area contributed by atoms with E-state index in [0.717, 1.165) is 5.56 Å². The Bertz CT molecular complexity index is 921. The Labute approximate surface area is 181 Å². The molecule has 2 aromatic rings. The highest BCUT2D eigenvalue weighted by Gasteiger charge is 2.25. The van der Waals surface area contributed by atoms with E-state index in [4.69, 9.17) is 0 Å². The number of hydrogen-bond donors (Lipinski definition) is 2. The highest BCUT2D eigenvalue weighted by molar-refractivity contribution is 5.95. The molecule has 0 aliphatic carbocycles. The summed E-state index contributed by atoms with van der Waals surface area (Å²) in [4.78, 5) is 40.5. The number of carbonyl (C=O) groups excluding carboxylic acids is 3. The van der Waals surface area contributed by atoms with E-state index in [9.17, 15) is 18.8 Å². The van der Waals surface area contributed by atoms with Crippen LogP contribution in [-0.2, 0) is 11.2 Å². The molecule has 2 N–H and O–H groups in total. The number of benzene rings is 2. The van der Waals surface area contributed by atoms with Crippen LogP contribution in [0.15, 0.2) is 48.5 Å². The van der Waals surface area contributed by atoms with Crippen molar-refractivity contribution in [1.82, 2.24) is 15.1 Å². The van der Waals surface area contributed by atoms with Crippen LogP contribution in [0.1, 0.15) is 29.8 Å². The van der Waals surface area contributed by atoms with Crippen LogP contribution in [0.5, 0.6) is 0 Å². The first-order valence-electron chi connectivity index (χ1n) is 10.3. The van der Waals surface area contributed by atoms with E-state index in [1.807, 2.05) is 13.8 Å². The fraction of sp³-hybridized carbons (Fsp3) is 0.348. The van der Waals surface area contributed by atoms with Gasteiger partial charge in [-0.1, -0.05) is 12.1 Å². The van der Waals surface area contributed by atoms with Gasteiger partial charge < -0.3 is 20.4 Å². The number of anilines is 1. The van der Waals surface area contributed by atoms with E-state index >= 15 is 0 Å². The summed E-state index contributed by atoms with van der Waals surface area (Å²) >= 11 is 0. The summed E-state index contributed by atoms with van der Waals surface area (Å²) in [6, 6.07) is 12.4. The van der Waals surface area contributed by atoms with Gasteiger partial charge in [-0.25, -0.2) is 9.18 Å². The number of nitrogens with zero attached hydrogens (tertiary/aromatic N) is 2. The molecule has 0 unspecified atom stereocenters. The molecule has 0 saturated carbocycles. The molecule has 7 nitrogen and oxygen atoms in total. The Kier molecular flexibility index (Phi) is 7.23. The lowest BCUT2D eigenvalue weighted by Gasteiger charge is -2.35. The molecule has 1 heterocycles. The number of hydrogen-bond acceptors (Lipinski definition) is 3. The first-order valence-corrected chi connectivity index (χ1v) is 10.3. The van der Waals surface area contributed by atoms with Crippen LogP contribution in [0.2, 0.25) is 0 Å². The zero-order valence-corrected chi connectivity index (χ0v) is 17.7. The van der Waals surface area contributed by atoms with Gasteiger partial charge in [0.25, 0.3) is 5.91 Å². The monoisotopic (exact) mass is 426 g/mol. The van der Waals surface area contributed by atoms with Gasteiger partial charge in [-0.3, -0.25) is 9.59 Å². The molecule has 3 rings (SSSR count). The minimum Gasteiger partial charge on any atom is -0.339 e. The van der Waals surface area contributed by atoms with E-state index in [1.165, 1.54) is 12.1 Å². The minimum atomic E-state index is -0.328. The molecular weight excluding hydrogens is 399 g/mol. The third-order valence-electron chi connectivity index (χ3n) is 5.00. The average molecular weight is 426 g/mol. The van der Waals surface area contributed by atoms with Crippen LogP contribution < -0.4 is 10.6 Å². The van der Waals surface area contributed by atoms with Crippen molar-refractivity contribution >= 4 is 23.5 Å². The van der Waals surface area contributed by atoms with Crippen LogP contribution >= 0.6 is 0 Å². The minimum absolute atomic E-state index is 0.0297. The van der Waals surface area contributed by atoms with Crippen LogP contribution in [0.3, 0.4) is 0 Å². The largest absolute Gasteiger partial charge is 0.339 e. The van der Waals surface area contributed by atoms with Gasteiger partial charge in [0.2, 0.25) is 5.91 Å². The van der Waals surface area contributed by atoms with Crippen molar-refractivity contribution in [1.29, 1.82) is 0 Å². The van der Waals surface area contributed by atoms with E-state index < -0.39 is 0 Å². The molecule has 0 bridgehead atoms. The van der Waals surface area contributed by atoms with Crippen LogP contribution in [-0.4, -0.2) is 59.9 Å². The van der Waals surface area contributed by atoms with E-state index in [0.29, 0.717) is 37.4 Å². The first-order chi connectivity index (χ1) is 14.8. The third-order valence-corrected chi connectivity index (χ3v) is 5.00. The van der Waals surface area contributed by atoms with Gasteiger partial charge in [-0.05, 0) is 55.8 Å². The Hall–Kier alpha value is -3.42. The second-order valence-corrected chi connectivity index (χ2v) is 7.81. The lowest BCUT2D eigenvalue weighted by atomic mass is 10.1. The maximum atomic E-state index is 13.0. The zero-order chi connectivity index (χ0) is 22.4. The Balaban J connectivity index is 1.49. The van der Waals surface area contributed by atoms with Crippen LogP contribution in [0, 0.1) is 5.82 Å². The molecule has 1 fully saturated rings. The lowest BCUT2D eigenvalue weighted by Crippen LogP contribution is -2.51. The first kappa shape index (κ1) is 22.3. The summed E-state index contributed by atoms with van der Waals surface area (Å²) in [5, 5.41) is 5.46. The summed E-state index contributed by atoms with van der Waals surface area (Å²) in [6.45, 7) is 5.56. The standard InChI is InChI=1S/C23H27FN4O3/c1-16(2)25-23(31)26-20-9-5-18(6-10-20)22(30)28-13-11-27(12-14-28)21(29)15-17-3-7-19(24)8-4-17/h3-10,16H,11-15H2,1-2H3,(H2,25,26,31). The lowest BCUT2D eigenvalue weighted by molar-refractivity contribution is -0.131. The summed E-state index contributed by atoms with van der Waals surface area (Å²) in [7, 11) is 0. The van der Waals surface area contributed by atoms with Crippen molar-refractivity contribution in [3.8, 4) is 0 Å². The fourth-order valence-corrected chi connectivity index (χ4v) is 3.36. The van der Waals surface area contributed by atoms with Crippen molar-refractivity contribution in [3.05, 3.63) is 65.5 Å². The molecule has 31 heavy (non-hydrogen) atoms. The van der Waals surface area contributed by atoms with Crippen molar-refractivity contribution in [3.63, 3.8) is 0 Å². The number of nitrogens with one attached hydrogen (secondary N) is 2. The highest BCUT2D eigenvalue weighted by Crippen LogP contribution is 2.14. The number of carbonyl (C=O) groups is 3. The van der Waals surface area contributed by atoms with E-state index in [1.54, 1.807) is 46.2 Å². The van der Waals surface area contributed by atoms with E-state index in [-0.39, 0.29) is 36.1 Å². The van der Waals surface area contributed by atoms with Crippen molar-refractivity contribution < 1.29 is 18.8 Å². The van der Waals surface area contributed by atoms with Crippen molar-refractivity contribution in [2.45, 2.75) is 26.3 Å². The molecule has 1 aliphatic rings. The van der Waals surface area contributed by atoms with Crippen LogP contribution in [0.4, 0.5) is 14.9 Å². The topological polar surface area (TPSA) is 81.8 Å². The predicted octanol–water partition coefficient (Wildman–Crippen LogP) is 2.88. The molecule has 164 valence electrons. The number of rotatable bonds is 5. The van der Waals surface area contributed by atoms with Crippen LogP contribution in [0.25, 0.3) is 0 Å². The quantitative estimate of drug-likeness (QED) is 0.771. The molecule has 0 aromatic heterocycles. The second kappa shape index (κ2) is 10.1. The highest BCUT2D eigenvalue weighted by atomic mass is 19.1. The molecule has 2 aromatic carbocycles. The third kappa shape index (κ3) is 6.28. The summed E-state index contributed by atoms with van der Waals surface area (Å²) < 4.78 is 13.0. The zero-order valence-electron chi connectivity index (χ0n) is 17.7. The Morgan fingerprint density at radius 1 is 0.903 bits per heavy atom. The molecule has 0 atom stereocenters. The van der Waals surface area contributed by atoms with Gasteiger partial charge in [-0.15, -0.1) is 0 Å². The smallest absolute Gasteiger partial charge is 0.319 e. The van der Waals surface area contributed by atoms with Gasteiger partial charge in [0.1, 0.15) is 5.82 Å². The Morgan fingerprint density at radius 3 is 2.06 bits per heavy atom. The predicted molar refractivity (Wildman–Crippen MR) is 116 cm³/mol. The molecule has 1 saturated heterocycles. The second-order valence-electron chi connectivity index (χ2n) is 7.81. The molecule has 4 amide bonds. The van der Waals surface area contributed by atoms with Gasteiger partial charge in [-0.2, -0.15) is 0 Å². The maximum Gasteiger partial charge on any atom is 0.319 e. The SMILES string of the molecule is CC(C)NC(=O)Nc1ccc(C(=O)N2CCN(C(=O)Cc3ccc(F)cc3)CC2)cc1.